The lowest BCUT2D eigenvalue weighted by atomic mass is 10.0. The monoisotopic (exact) mass is 525 g/mol. The predicted molar refractivity (Wildman–Crippen MR) is 128 cm³/mol. The average molecular weight is 525 g/mol. The largest absolute Gasteiger partial charge is 0.493 e. The van der Waals surface area contributed by atoms with E-state index in [9.17, 15) is 10.1 Å². The molecule has 156 valence electrons. The number of halogens is 1. The molecule has 0 saturated carbocycles. The molecule has 3 aromatic carbocycles. The van der Waals surface area contributed by atoms with Gasteiger partial charge in [-0.05, 0) is 76.5 Å². The molecule has 5 nitrogen and oxygen atoms in total. The summed E-state index contributed by atoms with van der Waals surface area (Å²) in [6, 6.07) is 20.3. The van der Waals surface area contributed by atoms with Crippen molar-refractivity contribution in [2.45, 2.75) is 13.5 Å². The zero-order valence-corrected chi connectivity index (χ0v) is 19.2. The van der Waals surface area contributed by atoms with E-state index in [0.717, 1.165) is 14.7 Å². The lowest BCUT2D eigenvalue weighted by molar-refractivity contribution is 0.0697. The van der Waals surface area contributed by atoms with Gasteiger partial charge in [0.05, 0.1) is 27.9 Å². The van der Waals surface area contributed by atoms with E-state index in [1.807, 2.05) is 43.3 Å². The van der Waals surface area contributed by atoms with Crippen molar-refractivity contribution in [2.75, 3.05) is 7.11 Å². The Morgan fingerprint density at radius 1 is 1.10 bits per heavy atom. The van der Waals surface area contributed by atoms with Crippen molar-refractivity contribution in [3.05, 3.63) is 92.1 Å². The number of rotatable bonds is 7. The fraction of sp³-hybridized carbons (Fsp3) is 0.120. The van der Waals surface area contributed by atoms with Gasteiger partial charge in [0.15, 0.2) is 11.5 Å². The van der Waals surface area contributed by atoms with E-state index in [4.69, 9.17) is 14.6 Å². The minimum Gasteiger partial charge on any atom is -0.493 e. The van der Waals surface area contributed by atoms with Gasteiger partial charge in [-0.3, -0.25) is 0 Å². The molecule has 0 aliphatic rings. The highest BCUT2D eigenvalue weighted by molar-refractivity contribution is 14.1. The van der Waals surface area contributed by atoms with Gasteiger partial charge in [0, 0.05) is 0 Å². The van der Waals surface area contributed by atoms with E-state index in [2.05, 4.69) is 28.7 Å². The highest BCUT2D eigenvalue weighted by Gasteiger charge is 2.13. The first-order valence-electron chi connectivity index (χ1n) is 9.42. The molecule has 6 heteroatoms. The standard InChI is InChI=1S/C25H20INO4/c1-16-3-5-17(6-4-16)15-31-24-22(26)12-18(13-23(24)30-2)11-21(14-27)19-7-9-20(10-8-19)25(28)29/h3-13H,15H2,1-2H3,(H,28,29)/b21-11-. The van der Waals surface area contributed by atoms with Gasteiger partial charge < -0.3 is 14.6 Å². The van der Waals surface area contributed by atoms with Crippen molar-refractivity contribution in [1.82, 2.24) is 0 Å². The molecule has 3 aromatic rings. The molecular formula is C25H20INO4. The van der Waals surface area contributed by atoms with Crippen LogP contribution in [0.15, 0.2) is 60.7 Å². The Hall–Kier alpha value is -3.31. The zero-order valence-electron chi connectivity index (χ0n) is 17.1. The van der Waals surface area contributed by atoms with Crippen molar-refractivity contribution in [3.63, 3.8) is 0 Å². The summed E-state index contributed by atoms with van der Waals surface area (Å²) in [5.41, 5.74) is 4.27. The second-order valence-electron chi connectivity index (χ2n) is 6.86. The van der Waals surface area contributed by atoms with E-state index in [0.29, 0.717) is 29.2 Å². The first-order valence-corrected chi connectivity index (χ1v) is 10.5. The molecule has 0 radical (unpaired) electrons. The molecule has 0 saturated heterocycles. The number of nitrogens with zero attached hydrogens (tertiary/aromatic N) is 1. The van der Waals surface area contributed by atoms with Crippen LogP contribution in [0.5, 0.6) is 11.5 Å². The second kappa shape index (κ2) is 10.1. The van der Waals surface area contributed by atoms with Crippen LogP contribution in [0.3, 0.4) is 0 Å². The van der Waals surface area contributed by atoms with E-state index in [-0.39, 0.29) is 5.56 Å². The van der Waals surface area contributed by atoms with Crippen LogP contribution in [0, 0.1) is 21.8 Å². The molecular weight excluding hydrogens is 505 g/mol. The van der Waals surface area contributed by atoms with Crippen LogP contribution < -0.4 is 9.47 Å². The van der Waals surface area contributed by atoms with Gasteiger partial charge >= 0.3 is 5.97 Å². The highest BCUT2D eigenvalue weighted by atomic mass is 127. The minimum absolute atomic E-state index is 0.173. The number of benzene rings is 3. The normalized spacial score (nSPS) is 11.0. The molecule has 0 unspecified atom stereocenters. The van der Waals surface area contributed by atoms with Gasteiger partial charge in [-0.25, -0.2) is 4.79 Å². The van der Waals surface area contributed by atoms with Crippen LogP contribution >= 0.6 is 22.6 Å². The van der Waals surface area contributed by atoms with Crippen molar-refractivity contribution in [1.29, 1.82) is 5.26 Å². The number of nitriles is 1. The van der Waals surface area contributed by atoms with Crippen LogP contribution in [-0.4, -0.2) is 18.2 Å². The zero-order chi connectivity index (χ0) is 22.4. The number of aryl methyl sites for hydroxylation is 1. The predicted octanol–water partition coefficient (Wildman–Crippen LogP) is 5.95. The number of carboxylic acids is 1. The quantitative estimate of drug-likeness (QED) is 0.234. The summed E-state index contributed by atoms with van der Waals surface area (Å²) < 4.78 is 12.4. The number of methoxy groups -OCH3 is 1. The SMILES string of the molecule is COc1cc(/C=C(/C#N)c2ccc(C(=O)O)cc2)cc(I)c1OCc1ccc(C)cc1. The molecule has 0 heterocycles. The van der Waals surface area contributed by atoms with E-state index < -0.39 is 5.97 Å². The third-order valence-corrected chi connectivity index (χ3v) is 5.43. The summed E-state index contributed by atoms with van der Waals surface area (Å²) in [7, 11) is 1.58. The van der Waals surface area contributed by atoms with Gasteiger partial charge in [-0.1, -0.05) is 42.0 Å². The Morgan fingerprint density at radius 2 is 1.74 bits per heavy atom. The number of hydrogen-bond acceptors (Lipinski definition) is 4. The number of aromatic carboxylic acids is 1. The molecule has 0 spiro atoms. The number of carboxylic acid groups (broad SMARTS) is 1. The molecule has 0 aliphatic heterocycles. The first-order chi connectivity index (χ1) is 14.9. The van der Waals surface area contributed by atoms with Crippen LogP contribution in [0.25, 0.3) is 11.6 Å². The highest BCUT2D eigenvalue weighted by Crippen LogP contribution is 2.35. The van der Waals surface area contributed by atoms with E-state index in [1.165, 1.54) is 17.7 Å². The molecule has 0 fully saturated rings. The average Bonchev–Trinajstić information content (AvgIpc) is 2.77. The maximum Gasteiger partial charge on any atom is 0.335 e. The summed E-state index contributed by atoms with van der Waals surface area (Å²) in [6.07, 6.45) is 1.74. The summed E-state index contributed by atoms with van der Waals surface area (Å²) in [5.74, 6) is 0.212. The number of allylic oxidation sites excluding steroid dienone is 1. The maximum absolute atomic E-state index is 11.0. The molecule has 31 heavy (non-hydrogen) atoms. The Morgan fingerprint density at radius 3 is 2.32 bits per heavy atom. The molecule has 0 aliphatic carbocycles. The van der Waals surface area contributed by atoms with Crippen molar-refractivity contribution in [3.8, 4) is 17.6 Å². The first kappa shape index (κ1) is 22.4. The lowest BCUT2D eigenvalue weighted by Crippen LogP contribution is -2.00. The Balaban J connectivity index is 1.87. The number of ether oxygens (including phenoxy) is 2. The smallest absolute Gasteiger partial charge is 0.335 e. The summed E-state index contributed by atoms with van der Waals surface area (Å²) in [5, 5.41) is 18.7. The molecule has 0 aromatic heterocycles. The molecule has 0 bridgehead atoms. The van der Waals surface area contributed by atoms with Crippen molar-refractivity contribution >= 4 is 40.2 Å². The van der Waals surface area contributed by atoms with Crippen molar-refractivity contribution in [2.24, 2.45) is 0 Å². The molecule has 1 N–H and O–H groups in total. The van der Waals surface area contributed by atoms with Crippen LogP contribution in [0.1, 0.15) is 32.6 Å². The third kappa shape index (κ3) is 5.64. The van der Waals surface area contributed by atoms with Gasteiger partial charge in [0.1, 0.15) is 6.61 Å². The Labute approximate surface area is 194 Å². The van der Waals surface area contributed by atoms with E-state index >= 15 is 0 Å². The van der Waals surface area contributed by atoms with Gasteiger partial charge in [0.25, 0.3) is 0 Å². The number of carbonyl (C=O) groups is 1. The topological polar surface area (TPSA) is 79.5 Å². The summed E-state index contributed by atoms with van der Waals surface area (Å²) >= 11 is 2.19. The lowest BCUT2D eigenvalue weighted by Gasteiger charge is -2.14. The van der Waals surface area contributed by atoms with Crippen LogP contribution in [-0.2, 0) is 6.61 Å². The van der Waals surface area contributed by atoms with Crippen molar-refractivity contribution < 1.29 is 19.4 Å². The minimum atomic E-state index is -1.01. The van der Waals surface area contributed by atoms with E-state index in [1.54, 1.807) is 25.3 Å². The molecule has 0 atom stereocenters. The fourth-order valence-electron chi connectivity index (χ4n) is 2.94. The van der Waals surface area contributed by atoms with Gasteiger partial charge in [-0.2, -0.15) is 5.26 Å². The second-order valence-corrected chi connectivity index (χ2v) is 8.02. The van der Waals surface area contributed by atoms with Gasteiger partial charge in [-0.15, -0.1) is 0 Å². The Kier molecular flexibility index (Phi) is 7.32. The summed E-state index contributed by atoms with van der Waals surface area (Å²) in [4.78, 5) is 11.0. The maximum atomic E-state index is 11.0. The van der Waals surface area contributed by atoms with Gasteiger partial charge in [0.2, 0.25) is 0 Å². The molecule has 0 amide bonds. The third-order valence-electron chi connectivity index (χ3n) is 4.63. The molecule has 3 rings (SSSR count). The fourth-order valence-corrected chi connectivity index (χ4v) is 3.72. The number of hydrogen-bond donors (Lipinski definition) is 1. The Bertz CT molecular complexity index is 1160. The van der Waals surface area contributed by atoms with Crippen LogP contribution in [0.2, 0.25) is 0 Å². The van der Waals surface area contributed by atoms with Crippen LogP contribution in [0.4, 0.5) is 0 Å². The summed E-state index contributed by atoms with van der Waals surface area (Å²) in [6.45, 7) is 2.46.